The zero-order chi connectivity index (χ0) is 14.0. The standard InChI is InChI=1S/C13H13BrCl2N2O/c1-8-11(13(16)18(2)17-8)7-19-12-4-3-10(14)5-9(12)6-15/h3-5H,6-7H2,1-2H3. The van der Waals surface area contributed by atoms with E-state index in [0.717, 1.165) is 27.0 Å². The van der Waals surface area contributed by atoms with E-state index in [1.165, 1.54) is 0 Å². The summed E-state index contributed by atoms with van der Waals surface area (Å²) in [6, 6.07) is 5.75. The average Bonchev–Trinajstić information content (AvgIpc) is 2.62. The van der Waals surface area contributed by atoms with Crippen LogP contribution in [0.25, 0.3) is 0 Å². The van der Waals surface area contributed by atoms with Gasteiger partial charge in [0.25, 0.3) is 0 Å². The van der Waals surface area contributed by atoms with Gasteiger partial charge in [0.2, 0.25) is 0 Å². The second-order valence-electron chi connectivity index (χ2n) is 4.15. The summed E-state index contributed by atoms with van der Waals surface area (Å²) < 4.78 is 8.42. The highest BCUT2D eigenvalue weighted by molar-refractivity contribution is 9.10. The van der Waals surface area contributed by atoms with Gasteiger partial charge in [0, 0.05) is 22.6 Å². The number of rotatable bonds is 4. The van der Waals surface area contributed by atoms with E-state index in [2.05, 4.69) is 21.0 Å². The molecule has 0 aliphatic heterocycles. The predicted octanol–water partition coefficient (Wildman–Crippen LogP) is 4.46. The van der Waals surface area contributed by atoms with Crippen LogP contribution in [-0.2, 0) is 19.5 Å². The first kappa shape index (κ1) is 14.7. The van der Waals surface area contributed by atoms with Gasteiger partial charge in [-0.2, -0.15) is 5.10 Å². The smallest absolute Gasteiger partial charge is 0.133 e. The average molecular weight is 364 g/mol. The van der Waals surface area contributed by atoms with Gasteiger partial charge in [0.15, 0.2) is 0 Å². The Morgan fingerprint density at radius 2 is 2.16 bits per heavy atom. The lowest BCUT2D eigenvalue weighted by Crippen LogP contribution is -1.99. The van der Waals surface area contributed by atoms with Gasteiger partial charge in [0.05, 0.1) is 11.6 Å². The number of halogens is 3. The van der Waals surface area contributed by atoms with E-state index in [1.54, 1.807) is 4.68 Å². The number of hydrogen-bond acceptors (Lipinski definition) is 2. The minimum absolute atomic E-state index is 0.379. The number of ether oxygens (including phenoxy) is 1. The van der Waals surface area contributed by atoms with Crippen LogP contribution >= 0.6 is 39.1 Å². The van der Waals surface area contributed by atoms with E-state index in [9.17, 15) is 0 Å². The van der Waals surface area contributed by atoms with Gasteiger partial charge in [0.1, 0.15) is 17.5 Å². The van der Waals surface area contributed by atoms with Crippen molar-refractivity contribution in [1.82, 2.24) is 9.78 Å². The van der Waals surface area contributed by atoms with Crippen LogP contribution in [0.15, 0.2) is 22.7 Å². The van der Waals surface area contributed by atoms with Crippen molar-refractivity contribution in [1.29, 1.82) is 0 Å². The first-order valence-corrected chi connectivity index (χ1v) is 7.38. The Bertz CT molecular complexity index is 599. The predicted molar refractivity (Wildman–Crippen MR) is 81.0 cm³/mol. The van der Waals surface area contributed by atoms with Crippen LogP contribution in [0.4, 0.5) is 0 Å². The molecule has 0 saturated carbocycles. The minimum Gasteiger partial charge on any atom is -0.488 e. The zero-order valence-corrected chi connectivity index (χ0v) is 13.7. The fraction of sp³-hybridized carbons (Fsp3) is 0.308. The van der Waals surface area contributed by atoms with E-state index in [-0.39, 0.29) is 0 Å². The summed E-state index contributed by atoms with van der Waals surface area (Å²) in [4.78, 5) is 0. The fourth-order valence-electron chi connectivity index (χ4n) is 1.78. The largest absolute Gasteiger partial charge is 0.488 e. The Balaban J connectivity index is 2.19. The molecule has 19 heavy (non-hydrogen) atoms. The van der Waals surface area contributed by atoms with E-state index in [0.29, 0.717) is 17.6 Å². The topological polar surface area (TPSA) is 27.1 Å². The van der Waals surface area contributed by atoms with Crippen LogP contribution in [0.5, 0.6) is 5.75 Å². The van der Waals surface area contributed by atoms with Gasteiger partial charge in [-0.1, -0.05) is 27.5 Å². The summed E-state index contributed by atoms with van der Waals surface area (Å²) in [6.07, 6.45) is 0. The molecule has 0 unspecified atom stereocenters. The lowest BCUT2D eigenvalue weighted by molar-refractivity contribution is 0.303. The molecule has 102 valence electrons. The molecule has 0 bridgehead atoms. The zero-order valence-electron chi connectivity index (χ0n) is 10.6. The summed E-state index contributed by atoms with van der Waals surface area (Å²) in [7, 11) is 1.81. The molecule has 6 heteroatoms. The van der Waals surface area contributed by atoms with Crippen molar-refractivity contribution in [2.75, 3.05) is 0 Å². The number of aryl methyl sites for hydroxylation is 2. The van der Waals surface area contributed by atoms with Gasteiger partial charge in [-0.05, 0) is 25.1 Å². The number of alkyl halides is 1. The molecule has 2 aromatic rings. The van der Waals surface area contributed by atoms with Gasteiger partial charge in [-0.3, -0.25) is 4.68 Å². The molecule has 0 radical (unpaired) electrons. The third-order valence-electron chi connectivity index (χ3n) is 2.81. The fourth-order valence-corrected chi connectivity index (χ4v) is 2.63. The number of hydrogen-bond donors (Lipinski definition) is 0. The SMILES string of the molecule is Cc1nn(C)c(Cl)c1COc1ccc(Br)cc1CCl. The lowest BCUT2D eigenvalue weighted by atomic mass is 10.2. The highest BCUT2D eigenvalue weighted by atomic mass is 79.9. The summed E-state index contributed by atoms with van der Waals surface area (Å²) in [5.41, 5.74) is 2.71. The molecular formula is C13H13BrCl2N2O. The summed E-state index contributed by atoms with van der Waals surface area (Å²) in [5.74, 6) is 1.16. The van der Waals surface area contributed by atoms with Crippen molar-refractivity contribution in [2.45, 2.75) is 19.4 Å². The van der Waals surface area contributed by atoms with Crippen LogP contribution in [-0.4, -0.2) is 9.78 Å². The third-order valence-corrected chi connectivity index (χ3v) is 4.06. The first-order valence-electron chi connectivity index (χ1n) is 5.68. The Morgan fingerprint density at radius 1 is 1.42 bits per heavy atom. The van der Waals surface area contributed by atoms with E-state index in [4.69, 9.17) is 27.9 Å². The van der Waals surface area contributed by atoms with E-state index >= 15 is 0 Å². The second kappa shape index (κ2) is 6.16. The Labute approximate surface area is 130 Å². The van der Waals surface area contributed by atoms with Gasteiger partial charge >= 0.3 is 0 Å². The summed E-state index contributed by atoms with van der Waals surface area (Å²) in [5, 5.41) is 4.85. The molecule has 0 amide bonds. The maximum atomic E-state index is 6.17. The molecule has 0 aliphatic carbocycles. The Hall–Kier alpha value is -0.710. The van der Waals surface area contributed by atoms with Crippen molar-refractivity contribution in [3.05, 3.63) is 44.6 Å². The molecule has 3 nitrogen and oxygen atoms in total. The number of nitrogens with zero attached hydrogens (tertiary/aromatic N) is 2. The molecule has 0 atom stereocenters. The quantitative estimate of drug-likeness (QED) is 0.749. The maximum absolute atomic E-state index is 6.17. The van der Waals surface area contributed by atoms with E-state index in [1.807, 2.05) is 32.2 Å². The highest BCUT2D eigenvalue weighted by Gasteiger charge is 2.12. The van der Waals surface area contributed by atoms with Crippen LogP contribution in [0.3, 0.4) is 0 Å². The monoisotopic (exact) mass is 362 g/mol. The molecule has 0 spiro atoms. The molecule has 1 aromatic heterocycles. The second-order valence-corrected chi connectivity index (χ2v) is 5.69. The maximum Gasteiger partial charge on any atom is 0.133 e. The van der Waals surface area contributed by atoms with Crippen LogP contribution in [0, 0.1) is 6.92 Å². The molecule has 0 saturated heterocycles. The summed E-state index contributed by atoms with van der Waals surface area (Å²) >= 11 is 15.5. The lowest BCUT2D eigenvalue weighted by Gasteiger charge is -2.10. The molecule has 2 rings (SSSR count). The molecular weight excluding hydrogens is 351 g/mol. The summed E-state index contributed by atoms with van der Waals surface area (Å²) in [6.45, 7) is 2.29. The van der Waals surface area contributed by atoms with Crippen molar-refractivity contribution >= 4 is 39.1 Å². The molecule has 1 heterocycles. The Kier molecular flexibility index (Phi) is 4.76. The number of aromatic nitrogens is 2. The molecule has 0 aliphatic rings. The minimum atomic E-state index is 0.379. The van der Waals surface area contributed by atoms with Crippen molar-refractivity contribution in [2.24, 2.45) is 7.05 Å². The van der Waals surface area contributed by atoms with Crippen molar-refractivity contribution in [3.8, 4) is 5.75 Å². The van der Waals surface area contributed by atoms with E-state index < -0.39 is 0 Å². The normalized spacial score (nSPS) is 10.8. The number of benzene rings is 1. The third kappa shape index (κ3) is 3.25. The molecule has 1 aromatic carbocycles. The van der Waals surface area contributed by atoms with Crippen LogP contribution in [0.2, 0.25) is 5.15 Å². The van der Waals surface area contributed by atoms with Crippen LogP contribution < -0.4 is 4.74 Å². The molecule has 0 fully saturated rings. The molecule has 0 N–H and O–H groups in total. The van der Waals surface area contributed by atoms with Gasteiger partial charge in [-0.25, -0.2) is 0 Å². The van der Waals surface area contributed by atoms with Crippen molar-refractivity contribution < 1.29 is 4.74 Å². The highest BCUT2D eigenvalue weighted by Crippen LogP contribution is 2.27. The Morgan fingerprint density at radius 3 is 2.74 bits per heavy atom. The first-order chi connectivity index (χ1) is 9.02. The van der Waals surface area contributed by atoms with Gasteiger partial charge in [-0.15, -0.1) is 11.6 Å². The van der Waals surface area contributed by atoms with Gasteiger partial charge < -0.3 is 4.74 Å². The van der Waals surface area contributed by atoms with Crippen LogP contribution in [0.1, 0.15) is 16.8 Å². The van der Waals surface area contributed by atoms with Crippen molar-refractivity contribution in [3.63, 3.8) is 0 Å².